The first-order valence-electron chi connectivity index (χ1n) is 8.42. The van der Waals surface area contributed by atoms with E-state index in [4.69, 9.17) is 0 Å². The monoisotopic (exact) mass is 320 g/mol. The summed E-state index contributed by atoms with van der Waals surface area (Å²) < 4.78 is 0. The first kappa shape index (κ1) is 15.9. The van der Waals surface area contributed by atoms with Gasteiger partial charge in [-0.3, -0.25) is 15.0 Å². The van der Waals surface area contributed by atoms with Crippen LogP contribution in [0.25, 0.3) is 0 Å². The van der Waals surface area contributed by atoms with Gasteiger partial charge in [-0.1, -0.05) is 0 Å². The first-order valence-corrected chi connectivity index (χ1v) is 8.42. The van der Waals surface area contributed by atoms with Gasteiger partial charge in [0.15, 0.2) is 11.9 Å². The van der Waals surface area contributed by atoms with Crippen molar-refractivity contribution in [2.45, 2.75) is 25.4 Å². The van der Waals surface area contributed by atoms with E-state index in [0.717, 1.165) is 63.4 Å². The summed E-state index contributed by atoms with van der Waals surface area (Å²) in [5.41, 5.74) is 0. The molecule has 3 aliphatic heterocycles. The molecule has 0 aromatic rings. The number of aliphatic imine (C=N–C) groups is 3. The van der Waals surface area contributed by atoms with Crippen molar-refractivity contribution in [1.29, 1.82) is 0 Å². The maximum Gasteiger partial charge on any atom is 0.194 e. The molecule has 0 fully saturated rings. The largest absolute Gasteiger partial charge is 0.357 e. The molecule has 0 saturated heterocycles. The van der Waals surface area contributed by atoms with Crippen molar-refractivity contribution < 1.29 is 0 Å². The van der Waals surface area contributed by atoms with Gasteiger partial charge in [0.05, 0.1) is 37.6 Å². The van der Waals surface area contributed by atoms with Crippen LogP contribution >= 0.6 is 0 Å². The van der Waals surface area contributed by atoms with Gasteiger partial charge in [-0.25, -0.2) is 0 Å². The molecule has 3 heterocycles. The predicted octanol–water partition coefficient (Wildman–Crippen LogP) is -1.08. The SMILES string of the molecule is CC1=NCC(CNC2=NCC(CCNC3=NCCN3)N2C)N1C. The minimum absolute atomic E-state index is 0.429. The summed E-state index contributed by atoms with van der Waals surface area (Å²) in [5.74, 6) is 3.06. The Kier molecular flexibility index (Phi) is 4.88. The van der Waals surface area contributed by atoms with Crippen molar-refractivity contribution in [2.24, 2.45) is 15.0 Å². The fourth-order valence-corrected chi connectivity index (χ4v) is 3.08. The molecule has 8 nitrogen and oxygen atoms in total. The Morgan fingerprint density at radius 3 is 2.61 bits per heavy atom. The van der Waals surface area contributed by atoms with Crippen LogP contribution in [-0.2, 0) is 0 Å². The molecular weight excluding hydrogens is 292 g/mol. The fourth-order valence-electron chi connectivity index (χ4n) is 3.08. The zero-order valence-corrected chi connectivity index (χ0v) is 14.3. The second kappa shape index (κ2) is 7.06. The molecular formula is C15H28N8. The third-order valence-electron chi connectivity index (χ3n) is 4.86. The smallest absolute Gasteiger partial charge is 0.194 e. The van der Waals surface area contributed by atoms with Gasteiger partial charge in [-0.05, 0) is 13.3 Å². The average molecular weight is 320 g/mol. The van der Waals surface area contributed by atoms with Gasteiger partial charge < -0.3 is 25.8 Å². The predicted molar refractivity (Wildman–Crippen MR) is 94.3 cm³/mol. The standard InChI is InChI=1S/C15H28N8/c1-11-19-9-13(22(11)2)10-21-15-20-8-12(23(15)3)4-5-16-14-17-6-7-18-14/h12-13H,4-10H2,1-3H3,(H,20,21)(H2,16,17,18). The Morgan fingerprint density at radius 1 is 1.09 bits per heavy atom. The molecule has 3 aliphatic rings. The van der Waals surface area contributed by atoms with Gasteiger partial charge in [-0.2, -0.15) is 0 Å². The first-order chi connectivity index (χ1) is 11.1. The van der Waals surface area contributed by atoms with E-state index in [2.05, 4.69) is 61.7 Å². The van der Waals surface area contributed by atoms with Gasteiger partial charge in [0.1, 0.15) is 0 Å². The lowest BCUT2D eigenvalue weighted by Crippen LogP contribution is -2.47. The number of guanidine groups is 2. The summed E-state index contributed by atoms with van der Waals surface area (Å²) in [6, 6.07) is 0.879. The van der Waals surface area contributed by atoms with Crippen LogP contribution in [0, 0.1) is 0 Å². The molecule has 8 heteroatoms. The summed E-state index contributed by atoms with van der Waals surface area (Å²) in [6.45, 7) is 7.41. The minimum atomic E-state index is 0.429. The molecule has 0 aliphatic carbocycles. The zero-order valence-electron chi connectivity index (χ0n) is 14.3. The van der Waals surface area contributed by atoms with Crippen molar-refractivity contribution in [2.75, 3.05) is 53.4 Å². The van der Waals surface area contributed by atoms with Gasteiger partial charge in [0, 0.05) is 33.7 Å². The van der Waals surface area contributed by atoms with E-state index in [-0.39, 0.29) is 0 Å². The summed E-state index contributed by atoms with van der Waals surface area (Å²) in [4.78, 5) is 18.0. The zero-order chi connectivity index (χ0) is 16.2. The quantitative estimate of drug-likeness (QED) is 0.600. The lowest BCUT2D eigenvalue weighted by atomic mass is 10.2. The van der Waals surface area contributed by atoms with Crippen LogP contribution in [0.5, 0.6) is 0 Å². The van der Waals surface area contributed by atoms with Crippen LogP contribution in [0.15, 0.2) is 15.0 Å². The Hall–Kier alpha value is -1.99. The summed E-state index contributed by atoms with van der Waals surface area (Å²) in [5, 5.41) is 10.1. The molecule has 3 rings (SSSR count). The van der Waals surface area contributed by atoms with Gasteiger partial charge >= 0.3 is 0 Å². The van der Waals surface area contributed by atoms with Crippen molar-refractivity contribution in [3.63, 3.8) is 0 Å². The number of hydrogen-bond donors (Lipinski definition) is 3. The van der Waals surface area contributed by atoms with Gasteiger partial charge in [0.2, 0.25) is 0 Å². The summed E-state index contributed by atoms with van der Waals surface area (Å²) in [7, 11) is 4.22. The number of nitrogens with zero attached hydrogens (tertiary/aromatic N) is 5. The number of likely N-dealkylation sites (N-methyl/N-ethyl adjacent to an activating group) is 2. The maximum atomic E-state index is 4.66. The van der Waals surface area contributed by atoms with Crippen molar-refractivity contribution in [1.82, 2.24) is 25.8 Å². The van der Waals surface area contributed by atoms with Crippen molar-refractivity contribution in [3.05, 3.63) is 0 Å². The number of nitrogens with one attached hydrogen (secondary N) is 3. The summed E-state index contributed by atoms with van der Waals surface area (Å²) >= 11 is 0. The highest BCUT2D eigenvalue weighted by Gasteiger charge is 2.26. The number of rotatable bonds is 5. The van der Waals surface area contributed by atoms with E-state index in [1.165, 1.54) is 0 Å². The average Bonchev–Trinajstić information content (AvgIpc) is 3.24. The molecule has 2 unspecified atom stereocenters. The minimum Gasteiger partial charge on any atom is -0.357 e. The molecule has 2 atom stereocenters. The highest BCUT2D eigenvalue weighted by atomic mass is 15.4. The van der Waals surface area contributed by atoms with Crippen molar-refractivity contribution >= 4 is 17.8 Å². The normalized spacial score (nSPS) is 26.8. The molecule has 128 valence electrons. The van der Waals surface area contributed by atoms with Crippen LogP contribution < -0.4 is 16.0 Å². The molecule has 3 N–H and O–H groups in total. The van der Waals surface area contributed by atoms with E-state index >= 15 is 0 Å². The molecule has 0 aromatic carbocycles. The topological polar surface area (TPSA) is 79.6 Å². The molecule has 0 aromatic heterocycles. The molecule has 0 amide bonds. The molecule has 0 bridgehead atoms. The van der Waals surface area contributed by atoms with E-state index < -0.39 is 0 Å². The van der Waals surface area contributed by atoms with Crippen molar-refractivity contribution in [3.8, 4) is 0 Å². The second-order valence-electron chi connectivity index (χ2n) is 6.34. The fraction of sp³-hybridized carbons (Fsp3) is 0.800. The van der Waals surface area contributed by atoms with Crippen LogP contribution in [0.4, 0.5) is 0 Å². The Balaban J connectivity index is 1.37. The van der Waals surface area contributed by atoms with Crippen LogP contribution in [0.2, 0.25) is 0 Å². The van der Waals surface area contributed by atoms with E-state index in [1.807, 2.05) is 0 Å². The maximum absolute atomic E-state index is 4.66. The molecule has 23 heavy (non-hydrogen) atoms. The Labute approximate surface area is 138 Å². The van der Waals surface area contributed by atoms with Crippen LogP contribution in [0.3, 0.4) is 0 Å². The van der Waals surface area contributed by atoms with Crippen LogP contribution in [-0.4, -0.2) is 93.0 Å². The molecule has 0 saturated carbocycles. The molecule has 0 radical (unpaired) electrons. The number of amidine groups is 1. The lowest BCUT2D eigenvalue weighted by Gasteiger charge is -2.27. The number of hydrogen-bond acceptors (Lipinski definition) is 8. The van der Waals surface area contributed by atoms with Gasteiger partial charge in [0.25, 0.3) is 0 Å². The summed E-state index contributed by atoms with van der Waals surface area (Å²) in [6.07, 6.45) is 1.05. The van der Waals surface area contributed by atoms with E-state index in [0.29, 0.717) is 12.1 Å². The lowest BCUT2D eigenvalue weighted by molar-refractivity contribution is 0.360. The third kappa shape index (κ3) is 3.68. The Morgan fingerprint density at radius 2 is 1.91 bits per heavy atom. The highest BCUT2D eigenvalue weighted by molar-refractivity contribution is 5.83. The third-order valence-corrected chi connectivity index (χ3v) is 4.86. The highest BCUT2D eigenvalue weighted by Crippen LogP contribution is 2.11. The van der Waals surface area contributed by atoms with Crippen LogP contribution in [0.1, 0.15) is 13.3 Å². The Bertz CT molecular complexity index is 512. The molecule has 0 spiro atoms. The second-order valence-corrected chi connectivity index (χ2v) is 6.34. The van der Waals surface area contributed by atoms with Gasteiger partial charge in [-0.15, -0.1) is 0 Å². The van der Waals surface area contributed by atoms with E-state index in [9.17, 15) is 0 Å². The van der Waals surface area contributed by atoms with E-state index in [1.54, 1.807) is 0 Å².